The average molecular weight is 324 g/mol. The molecule has 0 saturated heterocycles. The highest BCUT2D eigenvalue weighted by Crippen LogP contribution is 2.06. The zero-order chi connectivity index (χ0) is 17.8. The average Bonchev–Trinajstić information content (AvgIpc) is 2.62. The van der Waals surface area contributed by atoms with E-state index in [9.17, 15) is 10.1 Å². The highest BCUT2D eigenvalue weighted by Gasteiger charge is 2.17. The van der Waals surface area contributed by atoms with Gasteiger partial charge in [-0.1, -0.05) is 12.2 Å². The van der Waals surface area contributed by atoms with Crippen LogP contribution in [-0.4, -0.2) is 46.9 Å². The Morgan fingerprint density at radius 3 is 2.42 bits per heavy atom. The highest BCUT2D eigenvalue weighted by atomic mass is 16.2. The Hall–Kier alpha value is -2.87. The van der Waals surface area contributed by atoms with Gasteiger partial charge < -0.3 is 9.80 Å². The Morgan fingerprint density at radius 1 is 1.29 bits per heavy atom. The van der Waals surface area contributed by atoms with Gasteiger partial charge in [-0.25, -0.2) is 0 Å². The van der Waals surface area contributed by atoms with E-state index in [1.165, 1.54) is 10.5 Å². The van der Waals surface area contributed by atoms with Crippen LogP contribution in [0.25, 0.3) is 0 Å². The van der Waals surface area contributed by atoms with Crippen LogP contribution in [0.4, 0.5) is 0 Å². The quantitative estimate of drug-likeness (QED) is 0.377. The number of likely N-dealkylation sites (N-methyl/N-ethyl adjacent to an activating group) is 1. The van der Waals surface area contributed by atoms with Gasteiger partial charge in [0.05, 0.1) is 0 Å². The molecule has 0 N–H and O–H groups in total. The number of pyridine rings is 1. The van der Waals surface area contributed by atoms with Crippen molar-refractivity contribution >= 4 is 5.91 Å². The smallest absolute Gasteiger partial charge is 0.266 e. The molecule has 5 nitrogen and oxygen atoms in total. The minimum atomic E-state index is -0.306. The van der Waals surface area contributed by atoms with Crippen molar-refractivity contribution in [2.24, 2.45) is 0 Å². The second kappa shape index (κ2) is 10.8. The number of hydrogen-bond donors (Lipinski definition) is 0. The Kier molecular flexibility index (Phi) is 8.62. The summed E-state index contributed by atoms with van der Waals surface area (Å²) in [7, 11) is 0. The predicted molar refractivity (Wildman–Crippen MR) is 95.9 cm³/mol. The minimum absolute atomic E-state index is 0.121. The number of carbonyl (C=O) groups is 1. The maximum absolute atomic E-state index is 12.5. The van der Waals surface area contributed by atoms with Crippen LogP contribution in [0.5, 0.6) is 0 Å². The van der Waals surface area contributed by atoms with Crippen molar-refractivity contribution in [1.29, 1.82) is 5.26 Å². The molecule has 1 rings (SSSR count). The molecule has 0 bridgehead atoms. The van der Waals surface area contributed by atoms with Crippen molar-refractivity contribution < 1.29 is 4.79 Å². The van der Waals surface area contributed by atoms with Gasteiger partial charge in [-0.05, 0) is 31.0 Å². The van der Waals surface area contributed by atoms with Crippen LogP contribution in [0.15, 0.2) is 61.6 Å². The Balaban J connectivity index is 2.81. The maximum atomic E-state index is 12.5. The number of amides is 1. The van der Waals surface area contributed by atoms with Crippen molar-refractivity contribution in [3.63, 3.8) is 0 Å². The van der Waals surface area contributed by atoms with Gasteiger partial charge in [0.1, 0.15) is 11.6 Å². The molecule has 24 heavy (non-hydrogen) atoms. The summed E-state index contributed by atoms with van der Waals surface area (Å²) >= 11 is 0. The van der Waals surface area contributed by atoms with Crippen LogP contribution in [0.2, 0.25) is 0 Å². The summed E-state index contributed by atoms with van der Waals surface area (Å²) in [6.07, 6.45) is 9.25. The van der Waals surface area contributed by atoms with E-state index < -0.39 is 0 Å². The number of nitriles is 1. The van der Waals surface area contributed by atoms with Crippen LogP contribution >= 0.6 is 0 Å². The molecule has 0 fully saturated rings. The van der Waals surface area contributed by atoms with E-state index in [0.29, 0.717) is 19.6 Å². The monoisotopic (exact) mass is 324 g/mol. The molecule has 0 spiro atoms. The van der Waals surface area contributed by atoms with Gasteiger partial charge in [0.2, 0.25) is 0 Å². The van der Waals surface area contributed by atoms with E-state index in [2.05, 4.69) is 18.1 Å². The van der Waals surface area contributed by atoms with Gasteiger partial charge in [-0.15, -0.1) is 13.2 Å². The summed E-state index contributed by atoms with van der Waals surface area (Å²) < 4.78 is 0. The molecular formula is C19H24N4O. The molecule has 5 heteroatoms. The zero-order valence-electron chi connectivity index (χ0n) is 14.2. The zero-order valence-corrected chi connectivity index (χ0v) is 14.2. The number of rotatable bonds is 10. The van der Waals surface area contributed by atoms with Crippen molar-refractivity contribution in [3.8, 4) is 6.07 Å². The topological polar surface area (TPSA) is 60.2 Å². The first kappa shape index (κ1) is 19.2. The number of carbonyl (C=O) groups excluding carboxylic acids is 1. The lowest BCUT2D eigenvalue weighted by Crippen LogP contribution is -2.33. The van der Waals surface area contributed by atoms with E-state index in [-0.39, 0.29) is 11.5 Å². The standard InChI is InChI=1S/C19H24N4O/c1-4-12-23(13-5-2)19(24)18(15-20)16-22(6-3)14-9-17-7-10-21-11-8-17/h4-5,7-8,10-11,16H,1-2,6,9,12-14H2,3H3/b18-16-. The van der Waals surface area contributed by atoms with E-state index in [4.69, 9.17) is 0 Å². The van der Waals surface area contributed by atoms with Gasteiger partial charge >= 0.3 is 0 Å². The third kappa shape index (κ3) is 6.09. The molecule has 1 aromatic heterocycles. The van der Waals surface area contributed by atoms with Crippen LogP contribution < -0.4 is 0 Å². The summed E-state index contributed by atoms with van der Waals surface area (Å²) in [6, 6.07) is 5.94. The predicted octanol–water partition coefficient (Wildman–Crippen LogP) is 2.55. The molecule has 0 aliphatic heterocycles. The van der Waals surface area contributed by atoms with Gasteiger partial charge in [0, 0.05) is 44.8 Å². The second-order valence-corrected chi connectivity index (χ2v) is 5.18. The fraction of sp³-hybridized carbons (Fsp3) is 0.316. The maximum Gasteiger partial charge on any atom is 0.266 e. The summed E-state index contributed by atoms with van der Waals surface area (Å²) in [5.41, 5.74) is 1.29. The van der Waals surface area contributed by atoms with Gasteiger partial charge in [-0.2, -0.15) is 5.26 Å². The Morgan fingerprint density at radius 2 is 1.92 bits per heavy atom. The number of aromatic nitrogens is 1. The Bertz CT molecular complexity index is 606. The molecule has 1 amide bonds. The summed E-state index contributed by atoms with van der Waals surface area (Å²) in [5, 5.41) is 9.36. The molecule has 1 heterocycles. The first-order chi connectivity index (χ1) is 11.7. The van der Waals surface area contributed by atoms with Crippen molar-refractivity contribution in [2.45, 2.75) is 13.3 Å². The van der Waals surface area contributed by atoms with Crippen LogP contribution in [0.1, 0.15) is 12.5 Å². The van der Waals surface area contributed by atoms with Crippen molar-refractivity contribution in [3.05, 3.63) is 67.2 Å². The fourth-order valence-corrected chi connectivity index (χ4v) is 2.17. The lowest BCUT2D eigenvalue weighted by molar-refractivity contribution is -0.125. The Labute approximate surface area is 144 Å². The molecule has 126 valence electrons. The van der Waals surface area contributed by atoms with Crippen LogP contribution in [-0.2, 0) is 11.2 Å². The molecule has 0 atom stereocenters. The van der Waals surface area contributed by atoms with E-state index in [0.717, 1.165) is 13.0 Å². The molecule has 0 aliphatic rings. The number of nitrogens with zero attached hydrogens (tertiary/aromatic N) is 4. The fourth-order valence-electron chi connectivity index (χ4n) is 2.17. The molecule has 1 aromatic rings. The lowest BCUT2D eigenvalue weighted by Gasteiger charge is -2.22. The molecular weight excluding hydrogens is 300 g/mol. The van der Waals surface area contributed by atoms with E-state index >= 15 is 0 Å². The van der Waals surface area contributed by atoms with Gasteiger partial charge in [-0.3, -0.25) is 9.78 Å². The lowest BCUT2D eigenvalue weighted by atomic mass is 10.2. The molecule has 0 saturated carbocycles. The third-order valence-corrected chi connectivity index (χ3v) is 3.49. The summed E-state index contributed by atoms with van der Waals surface area (Å²) in [6.45, 7) is 11.5. The normalized spacial score (nSPS) is 10.6. The second-order valence-electron chi connectivity index (χ2n) is 5.18. The van der Waals surface area contributed by atoms with E-state index in [1.807, 2.05) is 30.0 Å². The molecule has 0 unspecified atom stereocenters. The summed E-state index contributed by atoms with van der Waals surface area (Å²) in [5.74, 6) is -0.306. The first-order valence-electron chi connectivity index (χ1n) is 7.92. The minimum Gasteiger partial charge on any atom is -0.376 e. The SMILES string of the molecule is C=CCN(CC=C)C(=O)/C(C#N)=C\N(CC)CCc1ccncc1. The molecule has 0 radical (unpaired) electrons. The van der Waals surface area contributed by atoms with Gasteiger partial charge in [0.25, 0.3) is 5.91 Å². The highest BCUT2D eigenvalue weighted by molar-refractivity contribution is 5.97. The third-order valence-electron chi connectivity index (χ3n) is 3.49. The van der Waals surface area contributed by atoms with Crippen LogP contribution in [0.3, 0.4) is 0 Å². The van der Waals surface area contributed by atoms with Crippen molar-refractivity contribution in [1.82, 2.24) is 14.8 Å². The van der Waals surface area contributed by atoms with Crippen molar-refractivity contribution in [2.75, 3.05) is 26.2 Å². The first-order valence-corrected chi connectivity index (χ1v) is 7.92. The number of hydrogen-bond acceptors (Lipinski definition) is 4. The van der Waals surface area contributed by atoms with Gasteiger partial charge in [0.15, 0.2) is 0 Å². The molecule has 0 aliphatic carbocycles. The van der Waals surface area contributed by atoms with Crippen LogP contribution in [0, 0.1) is 11.3 Å². The molecule has 0 aromatic carbocycles. The van der Waals surface area contributed by atoms with E-state index in [1.54, 1.807) is 30.7 Å². The largest absolute Gasteiger partial charge is 0.376 e. The summed E-state index contributed by atoms with van der Waals surface area (Å²) in [4.78, 5) is 20.0.